The van der Waals surface area contributed by atoms with Gasteiger partial charge in [-0.2, -0.15) is 0 Å². The Labute approximate surface area is 116 Å². The number of oxazole rings is 1. The monoisotopic (exact) mass is 282 g/mol. The van der Waals surface area contributed by atoms with Crippen LogP contribution in [0.2, 0.25) is 5.02 Å². The van der Waals surface area contributed by atoms with E-state index in [-0.39, 0.29) is 0 Å². The van der Waals surface area contributed by atoms with Gasteiger partial charge < -0.3 is 10.2 Å². The Bertz CT molecular complexity index is 515. The minimum atomic E-state index is 0.409. The molecule has 0 aliphatic rings. The molecule has 0 aliphatic heterocycles. The third kappa shape index (κ3) is 3.51. The van der Waals surface area contributed by atoms with Crippen molar-refractivity contribution in [3.8, 4) is 11.3 Å². The molecule has 1 atom stereocenters. The van der Waals surface area contributed by atoms with E-state index in [0.29, 0.717) is 16.8 Å². The van der Waals surface area contributed by atoms with Crippen molar-refractivity contribution in [2.24, 2.45) is 5.73 Å². The maximum absolute atomic E-state index is 5.94. The summed E-state index contributed by atoms with van der Waals surface area (Å²) in [5.74, 6) is 2.20. The van der Waals surface area contributed by atoms with Crippen LogP contribution in [0.5, 0.6) is 0 Å². The number of thioether (sulfide) groups is 1. The highest BCUT2D eigenvalue weighted by atomic mass is 35.5. The molecule has 1 aromatic carbocycles. The number of halogens is 1. The Balaban J connectivity index is 2.06. The summed E-state index contributed by atoms with van der Waals surface area (Å²) >= 11 is 7.68. The van der Waals surface area contributed by atoms with Crippen LogP contribution in [-0.2, 0) is 5.75 Å². The van der Waals surface area contributed by atoms with Crippen molar-refractivity contribution >= 4 is 23.4 Å². The standard InChI is InChI=1S/C13H15ClN2OS/c1-9(6-15)18-8-13-16-7-12(17-13)10-3-2-4-11(14)5-10/h2-5,7,9H,6,8,15H2,1H3. The van der Waals surface area contributed by atoms with Crippen LogP contribution >= 0.6 is 23.4 Å². The van der Waals surface area contributed by atoms with Gasteiger partial charge in [0.05, 0.1) is 11.9 Å². The van der Waals surface area contributed by atoms with Crippen LogP contribution in [0.15, 0.2) is 34.9 Å². The fourth-order valence-corrected chi connectivity index (χ4v) is 2.32. The number of nitrogens with zero attached hydrogens (tertiary/aromatic N) is 1. The highest BCUT2D eigenvalue weighted by Gasteiger charge is 2.08. The Hall–Kier alpha value is -0.970. The van der Waals surface area contributed by atoms with E-state index in [1.807, 2.05) is 24.3 Å². The summed E-state index contributed by atoms with van der Waals surface area (Å²) in [5, 5.41) is 1.10. The first kappa shape index (κ1) is 13.5. The van der Waals surface area contributed by atoms with E-state index < -0.39 is 0 Å². The van der Waals surface area contributed by atoms with Crippen molar-refractivity contribution in [3.63, 3.8) is 0 Å². The molecule has 0 fully saturated rings. The molecule has 96 valence electrons. The average Bonchev–Trinajstić information content (AvgIpc) is 2.84. The first-order chi connectivity index (χ1) is 8.69. The number of aromatic nitrogens is 1. The number of hydrogen-bond acceptors (Lipinski definition) is 4. The summed E-state index contributed by atoms with van der Waals surface area (Å²) in [5.41, 5.74) is 6.51. The van der Waals surface area contributed by atoms with Gasteiger partial charge in [0.25, 0.3) is 0 Å². The fraction of sp³-hybridized carbons (Fsp3) is 0.308. The molecule has 0 saturated carbocycles. The molecule has 5 heteroatoms. The van der Waals surface area contributed by atoms with Crippen molar-refractivity contribution in [2.45, 2.75) is 17.9 Å². The van der Waals surface area contributed by atoms with E-state index in [0.717, 1.165) is 23.0 Å². The summed E-state index contributed by atoms with van der Waals surface area (Å²) < 4.78 is 5.69. The number of benzene rings is 1. The summed E-state index contributed by atoms with van der Waals surface area (Å²) in [7, 11) is 0. The maximum atomic E-state index is 5.94. The van der Waals surface area contributed by atoms with Crippen LogP contribution in [0.25, 0.3) is 11.3 Å². The summed E-state index contributed by atoms with van der Waals surface area (Å²) in [6, 6.07) is 7.54. The third-order valence-electron chi connectivity index (χ3n) is 2.49. The van der Waals surface area contributed by atoms with Crippen LogP contribution in [0, 0.1) is 0 Å². The molecule has 0 bridgehead atoms. The first-order valence-corrected chi connectivity index (χ1v) is 7.14. The Morgan fingerprint density at radius 2 is 2.33 bits per heavy atom. The van der Waals surface area contributed by atoms with E-state index in [1.54, 1.807) is 18.0 Å². The van der Waals surface area contributed by atoms with Crippen molar-refractivity contribution in [1.29, 1.82) is 0 Å². The van der Waals surface area contributed by atoms with Gasteiger partial charge >= 0.3 is 0 Å². The van der Waals surface area contributed by atoms with Gasteiger partial charge in [-0.25, -0.2) is 4.98 Å². The Kier molecular flexibility index (Phi) is 4.69. The van der Waals surface area contributed by atoms with E-state index in [9.17, 15) is 0 Å². The van der Waals surface area contributed by atoms with Gasteiger partial charge in [-0.15, -0.1) is 11.8 Å². The summed E-state index contributed by atoms with van der Waals surface area (Å²) in [6.07, 6.45) is 1.73. The zero-order chi connectivity index (χ0) is 13.0. The predicted octanol–water partition coefficient (Wildman–Crippen LogP) is 3.58. The largest absolute Gasteiger partial charge is 0.440 e. The van der Waals surface area contributed by atoms with Crippen molar-refractivity contribution < 1.29 is 4.42 Å². The highest BCUT2D eigenvalue weighted by Crippen LogP contribution is 2.25. The normalized spacial score (nSPS) is 12.6. The van der Waals surface area contributed by atoms with E-state index >= 15 is 0 Å². The molecule has 0 saturated heterocycles. The molecule has 2 rings (SSSR count). The van der Waals surface area contributed by atoms with Crippen LogP contribution in [0.3, 0.4) is 0 Å². The lowest BCUT2D eigenvalue weighted by atomic mass is 10.2. The lowest BCUT2D eigenvalue weighted by Gasteiger charge is -2.04. The van der Waals surface area contributed by atoms with E-state index in [1.165, 1.54) is 0 Å². The second-order valence-corrected chi connectivity index (χ2v) is 5.85. The molecular formula is C13H15ClN2OS. The second-order valence-electron chi connectivity index (χ2n) is 3.99. The fourth-order valence-electron chi connectivity index (χ4n) is 1.43. The van der Waals surface area contributed by atoms with Crippen molar-refractivity contribution in [1.82, 2.24) is 4.98 Å². The molecule has 1 unspecified atom stereocenters. The highest BCUT2D eigenvalue weighted by molar-refractivity contribution is 7.99. The number of nitrogens with two attached hydrogens (primary N) is 1. The molecule has 0 aliphatic carbocycles. The number of hydrogen-bond donors (Lipinski definition) is 1. The predicted molar refractivity (Wildman–Crippen MR) is 76.8 cm³/mol. The first-order valence-electron chi connectivity index (χ1n) is 5.71. The Morgan fingerprint density at radius 3 is 3.06 bits per heavy atom. The molecule has 3 nitrogen and oxygen atoms in total. The average molecular weight is 283 g/mol. The van der Waals surface area contributed by atoms with E-state index in [2.05, 4.69) is 11.9 Å². The lowest BCUT2D eigenvalue weighted by Crippen LogP contribution is -2.12. The molecule has 0 radical (unpaired) electrons. The lowest BCUT2D eigenvalue weighted by molar-refractivity contribution is 0.529. The van der Waals surface area contributed by atoms with Crippen molar-refractivity contribution in [3.05, 3.63) is 41.4 Å². The topological polar surface area (TPSA) is 52.0 Å². The van der Waals surface area contributed by atoms with Crippen molar-refractivity contribution in [2.75, 3.05) is 6.54 Å². The van der Waals surface area contributed by atoms with Gasteiger partial charge in [0, 0.05) is 22.4 Å². The zero-order valence-electron chi connectivity index (χ0n) is 10.1. The molecule has 0 amide bonds. The van der Waals surface area contributed by atoms with Gasteiger partial charge in [-0.3, -0.25) is 0 Å². The van der Waals surface area contributed by atoms with Gasteiger partial charge in [-0.1, -0.05) is 30.7 Å². The van der Waals surface area contributed by atoms with Gasteiger partial charge in [0.2, 0.25) is 5.89 Å². The SMILES string of the molecule is CC(CN)SCc1ncc(-c2cccc(Cl)c2)o1. The summed E-state index contributed by atoms with van der Waals surface area (Å²) in [6.45, 7) is 2.75. The molecular weight excluding hydrogens is 268 g/mol. The van der Waals surface area contributed by atoms with Crippen LogP contribution in [0.1, 0.15) is 12.8 Å². The zero-order valence-corrected chi connectivity index (χ0v) is 11.7. The quantitative estimate of drug-likeness (QED) is 0.911. The molecule has 2 N–H and O–H groups in total. The van der Waals surface area contributed by atoms with Gasteiger partial charge in [0.15, 0.2) is 5.76 Å². The van der Waals surface area contributed by atoms with Crippen LogP contribution in [-0.4, -0.2) is 16.8 Å². The smallest absolute Gasteiger partial charge is 0.204 e. The van der Waals surface area contributed by atoms with Gasteiger partial charge in [0.1, 0.15) is 0 Å². The Morgan fingerprint density at radius 1 is 1.50 bits per heavy atom. The molecule has 2 aromatic rings. The minimum absolute atomic E-state index is 0.409. The van der Waals surface area contributed by atoms with Crippen LogP contribution in [0.4, 0.5) is 0 Å². The van der Waals surface area contributed by atoms with Gasteiger partial charge in [-0.05, 0) is 12.1 Å². The molecule has 1 heterocycles. The maximum Gasteiger partial charge on any atom is 0.204 e. The third-order valence-corrected chi connectivity index (χ3v) is 3.90. The molecule has 0 spiro atoms. The molecule has 1 aromatic heterocycles. The summed E-state index contributed by atoms with van der Waals surface area (Å²) in [4.78, 5) is 4.26. The second kappa shape index (κ2) is 6.27. The molecule has 18 heavy (non-hydrogen) atoms. The van der Waals surface area contributed by atoms with E-state index in [4.69, 9.17) is 21.8 Å². The van der Waals surface area contributed by atoms with Crippen LogP contribution < -0.4 is 5.73 Å². The minimum Gasteiger partial charge on any atom is -0.440 e. The number of rotatable bonds is 5.